The van der Waals surface area contributed by atoms with E-state index in [1.807, 2.05) is 6.92 Å². The van der Waals surface area contributed by atoms with Crippen LogP contribution in [0, 0.1) is 5.82 Å². The molecule has 1 aromatic rings. The van der Waals surface area contributed by atoms with Gasteiger partial charge in [-0.15, -0.1) is 0 Å². The van der Waals surface area contributed by atoms with Gasteiger partial charge in [0.25, 0.3) is 0 Å². The lowest BCUT2D eigenvalue weighted by atomic mass is 10.1. The fourth-order valence-electron chi connectivity index (χ4n) is 1.30. The molecule has 0 spiro atoms. The molecule has 17 heavy (non-hydrogen) atoms. The Morgan fingerprint density at radius 2 is 2.41 bits per heavy atom. The minimum Gasteiger partial charge on any atom is -0.370 e. The van der Waals surface area contributed by atoms with Crippen molar-refractivity contribution in [3.8, 4) is 0 Å². The van der Waals surface area contributed by atoms with Gasteiger partial charge in [0.1, 0.15) is 12.4 Å². The molecule has 1 amide bonds. The van der Waals surface area contributed by atoms with E-state index >= 15 is 0 Å². The highest BCUT2D eigenvalue weighted by Gasteiger charge is 2.05. The van der Waals surface area contributed by atoms with Gasteiger partial charge in [-0.3, -0.25) is 9.78 Å². The topological polar surface area (TPSA) is 77.2 Å². The molecule has 0 aliphatic rings. The highest BCUT2D eigenvalue weighted by atomic mass is 19.1. The summed E-state index contributed by atoms with van der Waals surface area (Å²) < 4.78 is 17.9. The van der Waals surface area contributed by atoms with Gasteiger partial charge in [-0.1, -0.05) is 0 Å². The molecule has 0 saturated heterocycles. The Kier molecular flexibility index (Phi) is 5.51. The Labute approximate surface area is 99.2 Å². The first-order valence-corrected chi connectivity index (χ1v) is 5.29. The van der Waals surface area contributed by atoms with Crippen molar-refractivity contribution in [2.75, 3.05) is 19.8 Å². The van der Waals surface area contributed by atoms with Crippen LogP contribution in [0.2, 0.25) is 0 Å². The molecule has 1 heterocycles. The number of pyridine rings is 1. The molecule has 0 fully saturated rings. The van der Waals surface area contributed by atoms with Crippen molar-refractivity contribution in [3.63, 3.8) is 0 Å². The Morgan fingerprint density at radius 1 is 1.65 bits per heavy atom. The molecule has 0 bridgehead atoms. The minimum atomic E-state index is -0.493. The molecule has 5 nitrogen and oxygen atoms in total. The predicted octanol–water partition coefficient (Wildman–Crippen LogP) is 0.373. The number of rotatable bonds is 7. The molecule has 6 heteroatoms. The van der Waals surface area contributed by atoms with Crippen LogP contribution in [0.1, 0.15) is 18.5 Å². The van der Waals surface area contributed by atoms with Gasteiger partial charge >= 0.3 is 0 Å². The van der Waals surface area contributed by atoms with Crippen molar-refractivity contribution in [2.24, 2.45) is 5.73 Å². The van der Waals surface area contributed by atoms with Crippen LogP contribution in [-0.4, -0.2) is 30.6 Å². The zero-order chi connectivity index (χ0) is 12.7. The molecule has 3 N–H and O–H groups in total. The number of aromatic nitrogens is 1. The number of hydrogen-bond donors (Lipinski definition) is 2. The Hall–Kier alpha value is -1.53. The second-order valence-electron chi connectivity index (χ2n) is 3.63. The first kappa shape index (κ1) is 13.5. The van der Waals surface area contributed by atoms with Gasteiger partial charge in [0.15, 0.2) is 0 Å². The number of nitrogens with two attached hydrogens (primary N) is 1. The first-order valence-electron chi connectivity index (χ1n) is 5.29. The molecule has 0 aliphatic heterocycles. The maximum absolute atomic E-state index is 12.9. The maximum atomic E-state index is 12.9. The van der Waals surface area contributed by atoms with E-state index in [1.165, 1.54) is 6.07 Å². The smallest absolute Gasteiger partial charge is 0.243 e. The van der Waals surface area contributed by atoms with Crippen molar-refractivity contribution < 1.29 is 13.9 Å². The van der Waals surface area contributed by atoms with E-state index in [0.29, 0.717) is 13.2 Å². The average molecular weight is 241 g/mol. The Bertz CT molecular complexity index is 373. The first-order chi connectivity index (χ1) is 8.09. The van der Waals surface area contributed by atoms with Gasteiger partial charge in [0.05, 0.1) is 12.8 Å². The summed E-state index contributed by atoms with van der Waals surface area (Å²) in [6.07, 6.45) is 2.76. The third-order valence-corrected chi connectivity index (χ3v) is 2.17. The fourth-order valence-corrected chi connectivity index (χ4v) is 1.30. The number of nitrogens with zero attached hydrogens (tertiary/aromatic N) is 1. The summed E-state index contributed by atoms with van der Waals surface area (Å²) in [5.41, 5.74) is 5.67. The molecule has 0 saturated carbocycles. The van der Waals surface area contributed by atoms with Crippen molar-refractivity contribution in [2.45, 2.75) is 13.0 Å². The number of carbonyl (C=O) groups excluding carboxylic acids is 1. The van der Waals surface area contributed by atoms with E-state index < -0.39 is 5.91 Å². The van der Waals surface area contributed by atoms with Crippen LogP contribution in [0.4, 0.5) is 4.39 Å². The van der Waals surface area contributed by atoms with E-state index in [9.17, 15) is 9.18 Å². The molecule has 1 aromatic heterocycles. The largest absolute Gasteiger partial charge is 0.370 e. The van der Waals surface area contributed by atoms with Gasteiger partial charge < -0.3 is 15.8 Å². The average Bonchev–Trinajstić information content (AvgIpc) is 2.28. The van der Waals surface area contributed by atoms with Crippen molar-refractivity contribution in [1.82, 2.24) is 10.3 Å². The number of nitrogens with one attached hydrogen (secondary N) is 1. The van der Waals surface area contributed by atoms with Crippen LogP contribution in [0.25, 0.3) is 0 Å². The number of amides is 1. The highest BCUT2D eigenvalue weighted by molar-refractivity contribution is 5.74. The summed E-state index contributed by atoms with van der Waals surface area (Å²) in [6, 6.07) is 1.39. The van der Waals surface area contributed by atoms with Crippen molar-refractivity contribution >= 4 is 5.91 Å². The molecule has 1 unspecified atom stereocenters. The summed E-state index contributed by atoms with van der Waals surface area (Å²) in [5.74, 6) is -0.853. The minimum absolute atomic E-state index is 0.0321. The molecule has 0 aliphatic carbocycles. The van der Waals surface area contributed by atoms with E-state index in [1.54, 1.807) is 6.20 Å². The predicted molar refractivity (Wildman–Crippen MR) is 60.6 cm³/mol. The van der Waals surface area contributed by atoms with Crippen LogP contribution in [0.15, 0.2) is 18.5 Å². The lowest BCUT2D eigenvalue weighted by Crippen LogP contribution is -2.26. The van der Waals surface area contributed by atoms with Crippen LogP contribution in [0.3, 0.4) is 0 Å². The van der Waals surface area contributed by atoms with Crippen LogP contribution < -0.4 is 11.1 Å². The van der Waals surface area contributed by atoms with Crippen molar-refractivity contribution in [1.29, 1.82) is 0 Å². The third kappa shape index (κ3) is 5.37. The van der Waals surface area contributed by atoms with E-state index in [0.717, 1.165) is 11.8 Å². The van der Waals surface area contributed by atoms with Gasteiger partial charge in [-0.05, 0) is 18.6 Å². The SMILES string of the molecule is CC(NCCOCC(N)=O)c1cncc(F)c1. The lowest BCUT2D eigenvalue weighted by molar-refractivity contribution is -0.122. The quantitative estimate of drug-likeness (QED) is 0.676. The third-order valence-electron chi connectivity index (χ3n) is 2.17. The normalized spacial score (nSPS) is 12.4. The van der Waals surface area contributed by atoms with Gasteiger partial charge in [-0.25, -0.2) is 4.39 Å². The van der Waals surface area contributed by atoms with Crippen molar-refractivity contribution in [3.05, 3.63) is 29.8 Å². The van der Waals surface area contributed by atoms with Crippen LogP contribution >= 0.6 is 0 Å². The van der Waals surface area contributed by atoms with Gasteiger partial charge in [-0.2, -0.15) is 0 Å². The second kappa shape index (κ2) is 6.93. The molecule has 1 rings (SSSR count). The van der Waals surface area contributed by atoms with E-state index in [-0.39, 0.29) is 18.5 Å². The number of carbonyl (C=O) groups is 1. The molecule has 94 valence electrons. The van der Waals surface area contributed by atoms with E-state index in [4.69, 9.17) is 10.5 Å². The van der Waals surface area contributed by atoms with Crippen LogP contribution in [-0.2, 0) is 9.53 Å². The zero-order valence-corrected chi connectivity index (χ0v) is 9.65. The standard InChI is InChI=1S/C11H16FN3O2/c1-8(9-4-10(12)6-14-5-9)15-2-3-17-7-11(13)16/h4-6,8,15H,2-3,7H2,1H3,(H2,13,16). The summed E-state index contributed by atoms with van der Waals surface area (Å²) in [5, 5.41) is 3.12. The Morgan fingerprint density at radius 3 is 3.06 bits per heavy atom. The molecule has 0 radical (unpaired) electrons. The Balaban J connectivity index is 2.25. The van der Waals surface area contributed by atoms with Gasteiger partial charge in [0.2, 0.25) is 5.91 Å². The number of ether oxygens (including phenoxy) is 1. The monoisotopic (exact) mass is 241 g/mol. The lowest BCUT2D eigenvalue weighted by Gasteiger charge is -2.13. The van der Waals surface area contributed by atoms with E-state index in [2.05, 4.69) is 10.3 Å². The van der Waals surface area contributed by atoms with Gasteiger partial charge in [0, 0.05) is 18.8 Å². The second-order valence-corrected chi connectivity index (χ2v) is 3.63. The number of hydrogen-bond acceptors (Lipinski definition) is 4. The summed E-state index contributed by atoms with van der Waals surface area (Å²) in [4.78, 5) is 14.1. The fraction of sp³-hybridized carbons (Fsp3) is 0.455. The summed E-state index contributed by atoms with van der Waals surface area (Å²) in [7, 11) is 0. The van der Waals surface area contributed by atoms with Crippen LogP contribution in [0.5, 0.6) is 0 Å². The summed E-state index contributed by atoms with van der Waals surface area (Å²) >= 11 is 0. The molecule has 1 atom stereocenters. The molecular weight excluding hydrogens is 225 g/mol. The number of primary amides is 1. The number of halogens is 1. The summed E-state index contributed by atoms with van der Waals surface area (Å²) in [6.45, 7) is 2.73. The molecule has 0 aromatic carbocycles. The highest BCUT2D eigenvalue weighted by Crippen LogP contribution is 2.11. The molecular formula is C11H16FN3O2. The maximum Gasteiger partial charge on any atom is 0.243 e. The zero-order valence-electron chi connectivity index (χ0n) is 9.65.